The topological polar surface area (TPSA) is 92.5 Å². The third-order valence-electron chi connectivity index (χ3n) is 1.76. The highest BCUT2D eigenvalue weighted by Gasteiger charge is 2.19. The molecule has 0 aliphatic carbocycles. The summed E-state index contributed by atoms with van der Waals surface area (Å²) in [7, 11) is 1.52. The fourth-order valence-corrected chi connectivity index (χ4v) is 1.76. The average molecular weight is 275 g/mol. The van der Waals surface area contributed by atoms with Gasteiger partial charge in [-0.2, -0.15) is 0 Å². The van der Waals surface area contributed by atoms with Crippen LogP contribution in [0, 0.1) is 10.1 Å². The van der Waals surface area contributed by atoms with Crippen LogP contribution < -0.4 is 5.32 Å². The summed E-state index contributed by atoms with van der Waals surface area (Å²) in [6.45, 7) is 0. The van der Waals surface area contributed by atoms with E-state index in [-0.39, 0.29) is 16.9 Å². The third kappa shape index (κ3) is 2.24. The highest BCUT2D eigenvalue weighted by Crippen LogP contribution is 2.33. The second-order valence-corrected chi connectivity index (χ2v) is 3.52. The Labute approximate surface area is 93.2 Å². The van der Waals surface area contributed by atoms with Gasteiger partial charge in [0.25, 0.3) is 5.69 Å². The van der Waals surface area contributed by atoms with Gasteiger partial charge in [-0.3, -0.25) is 10.1 Å². The molecular formula is C8H7BrN2O4. The van der Waals surface area contributed by atoms with Crippen LogP contribution in [0.15, 0.2) is 16.6 Å². The Bertz CT molecular complexity index is 433. The van der Waals surface area contributed by atoms with E-state index < -0.39 is 10.9 Å². The van der Waals surface area contributed by atoms with Gasteiger partial charge in [-0.05, 0) is 22.0 Å². The van der Waals surface area contributed by atoms with E-state index in [4.69, 9.17) is 5.11 Å². The molecule has 0 heterocycles. The van der Waals surface area contributed by atoms with Crippen LogP contribution in [0.25, 0.3) is 0 Å². The van der Waals surface area contributed by atoms with E-state index in [9.17, 15) is 14.9 Å². The normalized spacial score (nSPS) is 9.73. The zero-order chi connectivity index (χ0) is 11.6. The minimum Gasteiger partial charge on any atom is -0.478 e. The van der Waals surface area contributed by atoms with Crippen LogP contribution in [-0.2, 0) is 0 Å². The summed E-state index contributed by atoms with van der Waals surface area (Å²) in [6.07, 6.45) is 0. The van der Waals surface area contributed by atoms with Crippen LogP contribution in [0.5, 0.6) is 0 Å². The molecule has 6 nitrogen and oxygen atoms in total. The summed E-state index contributed by atoms with van der Waals surface area (Å²) < 4.78 is 0.344. The molecule has 7 heteroatoms. The first kappa shape index (κ1) is 11.4. The van der Waals surface area contributed by atoms with Crippen LogP contribution >= 0.6 is 15.9 Å². The van der Waals surface area contributed by atoms with Crippen LogP contribution in [0.4, 0.5) is 11.4 Å². The van der Waals surface area contributed by atoms with Crippen molar-refractivity contribution in [3.63, 3.8) is 0 Å². The predicted molar refractivity (Wildman–Crippen MR) is 57.3 cm³/mol. The minimum atomic E-state index is -1.21. The van der Waals surface area contributed by atoms with Gasteiger partial charge in [0, 0.05) is 17.6 Å². The second kappa shape index (κ2) is 4.26. The van der Waals surface area contributed by atoms with Crippen molar-refractivity contribution in [1.29, 1.82) is 0 Å². The van der Waals surface area contributed by atoms with Gasteiger partial charge in [0.15, 0.2) is 0 Å². The van der Waals surface area contributed by atoms with Crippen molar-refractivity contribution in [3.05, 3.63) is 32.3 Å². The fraction of sp³-hybridized carbons (Fsp3) is 0.125. The number of halogens is 1. The van der Waals surface area contributed by atoms with E-state index in [1.807, 2.05) is 0 Å². The molecule has 1 aromatic rings. The van der Waals surface area contributed by atoms with E-state index in [1.165, 1.54) is 13.1 Å². The van der Waals surface area contributed by atoms with Gasteiger partial charge in [0.05, 0.1) is 10.5 Å². The fourth-order valence-electron chi connectivity index (χ4n) is 1.11. The number of aromatic carboxylic acids is 1. The van der Waals surface area contributed by atoms with Gasteiger partial charge in [-0.1, -0.05) is 0 Å². The van der Waals surface area contributed by atoms with Crippen molar-refractivity contribution < 1.29 is 14.8 Å². The number of carboxylic acids is 1. The van der Waals surface area contributed by atoms with E-state index >= 15 is 0 Å². The van der Waals surface area contributed by atoms with Gasteiger partial charge in [0.2, 0.25) is 0 Å². The lowest BCUT2D eigenvalue weighted by molar-refractivity contribution is -0.384. The number of nitrogens with zero attached hydrogens (tertiary/aromatic N) is 1. The van der Waals surface area contributed by atoms with Crippen molar-refractivity contribution in [3.8, 4) is 0 Å². The van der Waals surface area contributed by atoms with Gasteiger partial charge < -0.3 is 10.4 Å². The van der Waals surface area contributed by atoms with Crippen LogP contribution in [-0.4, -0.2) is 23.0 Å². The molecule has 0 saturated carbocycles. The molecule has 2 N–H and O–H groups in total. The summed E-state index contributed by atoms with van der Waals surface area (Å²) in [5.74, 6) is -1.21. The molecule has 0 aliphatic rings. The highest BCUT2D eigenvalue weighted by atomic mass is 79.9. The van der Waals surface area contributed by atoms with Crippen LogP contribution in [0.2, 0.25) is 0 Å². The van der Waals surface area contributed by atoms with E-state index in [2.05, 4.69) is 21.2 Å². The first-order valence-corrected chi connectivity index (χ1v) is 4.65. The Balaban J connectivity index is 3.45. The molecule has 1 aromatic carbocycles. The van der Waals surface area contributed by atoms with Crippen molar-refractivity contribution in [2.45, 2.75) is 0 Å². The largest absolute Gasteiger partial charge is 0.478 e. The smallest absolute Gasteiger partial charge is 0.335 e. The van der Waals surface area contributed by atoms with Gasteiger partial charge in [-0.25, -0.2) is 4.79 Å². The lowest BCUT2D eigenvalue weighted by Gasteiger charge is -2.05. The number of nitro groups is 1. The van der Waals surface area contributed by atoms with Gasteiger partial charge in [-0.15, -0.1) is 0 Å². The molecule has 15 heavy (non-hydrogen) atoms. The average Bonchev–Trinajstić information content (AvgIpc) is 2.16. The summed E-state index contributed by atoms with van der Waals surface area (Å²) >= 11 is 3.06. The lowest BCUT2D eigenvalue weighted by Crippen LogP contribution is -2.02. The number of benzene rings is 1. The maximum Gasteiger partial charge on any atom is 0.335 e. The zero-order valence-corrected chi connectivity index (χ0v) is 9.24. The molecule has 1 rings (SSSR count). The molecule has 0 unspecified atom stereocenters. The van der Waals surface area contributed by atoms with Crippen molar-refractivity contribution >= 4 is 33.3 Å². The summed E-state index contributed by atoms with van der Waals surface area (Å²) in [4.78, 5) is 20.7. The molecule has 0 fully saturated rings. The molecule has 0 atom stereocenters. The SMILES string of the molecule is CNc1c(Br)cc(C(=O)O)cc1[N+](=O)[O-]. The Hall–Kier alpha value is -1.63. The molecule has 0 aromatic heterocycles. The second-order valence-electron chi connectivity index (χ2n) is 2.66. The Kier molecular flexibility index (Phi) is 3.25. The lowest BCUT2D eigenvalue weighted by atomic mass is 10.2. The molecule has 0 saturated heterocycles. The number of carboxylic acid groups (broad SMARTS) is 1. The minimum absolute atomic E-state index is 0.132. The van der Waals surface area contributed by atoms with Crippen molar-refractivity contribution in [2.75, 3.05) is 12.4 Å². The number of rotatable bonds is 3. The summed E-state index contributed by atoms with van der Waals surface area (Å²) in [6, 6.07) is 2.32. The first-order valence-electron chi connectivity index (χ1n) is 3.86. The molecular weight excluding hydrogens is 268 g/mol. The Morgan fingerprint density at radius 2 is 2.20 bits per heavy atom. The molecule has 80 valence electrons. The predicted octanol–water partition coefficient (Wildman–Crippen LogP) is 2.10. The molecule has 0 radical (unpaired) electrons. The maximum atomic E-state index is 10.7. The number of hydrogen-bond donors (Lipinski definition) is 2. The number of nitro benzene ring substituents is 1. The van der Waals surface area contributed by atoms with Crippen molar-refractivity contribution in [1.82, 2.24) is 0 Å². The van der Waals surface area contributed by atoms with Crippen LogP contribution in [0.3, 0.4) is 0 Å². The summed E-state index contributed by atoms with van der Waals surface area (Å²) in [5.41, 5.74) is -0.151. The number of hydrogen-bond acceptors (Lipinski definition) is 4. The number of anilines is 1. The quantitative estimate of drug-likeness (QED) is 0.650. The zero-order valence-electron chi connectivity index (χ0n) is 7.65. The summed E-state index contributed by atoms with van der Waals surface area (Å²) in [5, 5.41) is 22.0. The van der Waals surface area contributed by atoms with E-state index in [1.54, 1.807) is 0 Å². The van der Waals surface area contributed by atoms with Crippen LogP contribution in [0.1, 0.15) is 10.4 Å². The Morgan fingerprint density at radius 1 is 1.60 bits per heavy atom. The first-order chi connectivity index (χ1) is 6.97. The monoisotopic (exact) mass is 274 g/mol. The van der Waals surface area contributed by atoms with E-state index in [0.29, 0.717) is 4.47 Å². The standard InChI is InChI=1S/C8H7BrN2O4/c1-10-7-5(9)2-4(8(12)13)3-6(7)11(14)15/h2-3,10H,1H3,(H,12,13). The molecule has 0 aliphatic heterocycles. The molecule has 0 spiro atoms. The van der Waals surface area contributed by atoms with Gasteiger partial charge >= 0.3 is 5.97 Å². The maximum absolute atomic E-state index is 10.7. The van der Waals surface area contributed by atoms with Gasteiger partial charge in [0.1, 0.15) is 5.69 Å². The molecule has 0 amide bonds. The van der Waals surface area contributed by atoms with E-state index in [0.717, 1.165) is 6.07 Å². The highest BCUT2D eigenvalue weighted by molar-refractivity contribution is 9.10. The van der Waals surface area contributed by atoms with Crippen molar-refractivity contribution in [2.24, 2.45) is 0 Å². The number of carbonyl (C=O) groups is 1. The third-order valence-corrected chi connectivity index (χ3v) is 2.39. The number of nitrogens with one attached hydrogen (secondary N) is 1. The Morgan fingerprint density at radius 3 is 2.60 bits per heavy atom. The molecule has 0 bridgehead atoms.